The molecule has 1 aromatic heterocycles. The van der Waals surface area contributed by atoms with E-state index in [2.05, 4.69) is 10.6 Å². The third kappa shape index (κ3) is 6.32. The van der Waals surface area contributed by atoms with Gasteiger partial charge in [-0.05, 0) is 67.9 Å². The van der Waals surface area contributed by atoms with E-state index in [0.717, 1.165) is 18.2 Å². The van der Waals surface area contributed by atoms with Gasteiger partial charge in [-0.3, -0.25) is 19.8 Å². The first-order chi connectivity index (χ1) is 17.7. The summed E-state index contributed by atoms with van der Waals surface area (Å²) in [4.78, 5) is 42.7. The molecule has 4 rings (SSSR count). The summed E-state index contributed by atoms with van der Waals surface area (Å²) < 4.78 is 5.61. The Morgan fingerprint density at radius 3 is 2.51 bits per heavy atom. The highest BCUT2D eigenvalue weighted by molar-refractivity contribution is 6.05. The van der Waals surface area contributed by atoms with Crippen molar-refractivity contribution in [2.75, 3.05) is 18.4 Å². The van der Waals surface area contributed by atoms with Crippen LogP contribution in [0.3, 0.4) is 0 Å². The third-order valence-electron chi connectivity index (χ3n) is 6.12. The number of fused-ring (bicyclic) bond motifs is 1. The van der Waals surface area contributed by atoms with Crippen LogP contribution in [-0.4, -0.2) is 59.0 Å². The molecule has 2 aromatic carbocycles. The number of carboxylic acids is 1. The number of nitrogens with zero attached hydrogens (tertiary/aromatic N) is 1. The molecule has 1 atom stereocenters. The maximum absolute atomic E-state index is 12.7. The van der Waals surface area contributed by atoms with Crippen LogP contribution in [0.1, 0.15) is 41.4 Å². The largest absolute Gasteiger partial charge is 0.480 e. The van der Waals surface area contributed by atoms with E-state index in [0.29, 0.717) is 40.6 Å². The Morgan fingerprint density at radius 1 is 1.19 bits per heavy atom. The van der Waals surface area contributed by atoms with E-state index in [9.17, 15) is 19.5 Å². The summed E-state index contributed by atoms with van der Waals surface area (Å²) in [6.07, 6.45) is 1.19. The van der Waals surface area contributed by atoms with Gasteiger partial charge in [-0.2, -0.15) is 0 Å². The molecule has 194 valence electrons. The van der Waals surface area contributed by atoms with Gasteiger partial charge in [-0.25, -0.2) is 9.86 Å². The SMILES string of the molecule is CC(=O)N(OC1CCNCC1)[C@@H](Cc1ccc(NC(=O)c2cc3cc(C(=N)N)ccc3o2)cc1)C(=O)O. The number of hydrogen-bond acceptors (Lipinski definition) is 7. The Kier molecular flexibility index (Phi) is 7.85. The molecule has 2 amide bonds. The van der Waals surface area contributed by atoms with Crippen molar-refractivity contribution in [2.24, 2.45) is 5.73 Å². The maximum atomic E-state index is 12.7. The molecule has 0 radical (unpaired) electrons. The van der Waals surface area contributed by atoms with Crippen molar-refractivity contribution in [2.45, 2.75) is 38.3 Å². The van der Waals surface area contributed by atoms with E-state index < -0.39 is 23.8 Å². The second-order valence-electron chi connectivity index (χ2n) is 8.89. The quantitative estimate of drug-likeness (QED) is 0.167. The minimum absolute atomic E-state index is 0.0379. The number of amidine groups is 1. The molecular weight excluding hydrogens is 478 g/mol. The number of carbonyl (C=O) groups excluding carboxylic acids is 2. The third-order valence-corrected chi connectivity index (χ3v) is 6.12. The summed E-state index contributed by atoms with van der Waals surface area (Å²) >= 11 is 0. The molecule has 0 spiro atoms. The summed E-state index contributed by atoms with van der Waals surface area (Å²) in [6, 6.07) is 12.0. The summed E-state index contributed by atoms with van der Waals surface area (Å²) in [7, 11) is 0. The van der Waals surface area contributed by atoms with Crippen LogP contribution in [0.5, 0.6) is 0 Å². The zero-order valence-electron chi connectivity index (χ0n) is 20.3. The molecule has 2 heterocycles. The molecule has 1 aliphatic heterocycles. The second-order valence-corrected chi connectivity index (χ2v) is 8.89. The number of nitrogens with two attached hydrogens (primary N) is 1. The van der Waals surface area contributed by atoms with Gasteiger partial charge in [0.15, 0.2) is 11.8 Å². The Morgan fingerprint density at radius 2 is 1.89 bits per heavy atom. The highest BCUT2D eigenvalue weighted by Crippen LogP contribution is 2.22. The zero-order valence-corrected chi connectivity index (χ0v) is 20.3. The highest BCUT2D eigenvalue weighted by Gasteiger charge is 2.32. The van der Waals surface area contributed by atoms with Crippen molar-refractivity contribution in [3.63, 3.8) is 0 Å². The number of anilines is 1. The minimum Gasteiger partial charge on any atom is -0.480 e. The Bertz CT molecular complexity index is 1310. The molecule has 0 aliphatic carbocycles. The van der Waals surface area contributed by atoms with Crippen LogP contribution < -0.4 is 16.4 Å². The normalized spacial score (nSPS) is 14.7. The predicted octanol–water partition coefficient (Wildman–Crippen LogP) is 2.50. The van der Waals surface area contributed by atoms with Crippen molar-refractivity contribution in [3.05, 3.63) is 65.4 Å². The zero-order chi connectivity index (χ0) is 26.5. The number of nitrogens with one attached hydrogen (secondary N) is 3. The Balaban J connectivity index is 1.43. The maximum Gasteiger partial charge on any atom is 0.329 e. The number of benzene rings is 2. The van der Waals surface area contributed by atoms with Gasteiger partial charge < -0.3 is 25.9 Å². The van der Waals surface area contributed by atoms with Gasteiger partial charge in [0.2, 0.25) is 5.91 Å². The molecule has 37 heavy (non-hydrogen) atoms. The van der Waals surface area contributed by atoms with Gasteiger partial charge in [0.05, 0.1) is 6.10 Å². The molecular formula is C26H29N5O6. The fourth-order valence-electron chi connectivity index (χ4n) is 4.16. The first-order valence-corrected chi connectivity index (χ1v) is 11.9. The van der Waals surface area contributed by atoms with Crippen molar-refractivity contribution in [1.29, 1.82) is 5.41 Å². The fraction of sp³-hybridized carbons (Fsp3) is 0.308. The van der Waals surface area contributed by atoms with Crippen LogP contribution in [0.4, 0.5) is 5.69 Å². The van der Waals surface area contributed by atoms with Gasteiger partial charge in [-0.15, -0.1) is 0 Å². The van der Waals surface area contributed by atoms with Gasteiger partial charge in [0, 0.05) is 30.0 Å². The Labute approximate surface area is 213 Å². The molecule has 1 aliphatic rings. The van der Waals surface area contributed by atoms with Gasteiger partial charge in [0.1, 0.15) is 11.4 Å². The van der Waals surface area contributed by atoms with E-state index in [1.165, 1.54) is 6.92 Å². The van der Waals surface area contributed by atoms with Gasteiger partial charge in [-0.1, -0.05) is 12.1 Å². The molecule has 0 saturated carbocycles. The summed E-state index contributed by atoms with van der Waals surface area (Å²) in [5.41, 5.74) is 7.68. The number of furan rings is 1. The van der Waals surface area contributed by atoms with E-state index in [1.807, 2.05) is 0 Å². The average Bonchev–Trinajstić information content (AvgIpc) is 3.31. The van der Waals surface area contributed by atoms with Gasteiger partial charge in [0.25, 0.3) is 5.91 Å². The molecule has 11 heteroatoms. The molecule has 11 nitrogen and oxygen atoms in total. The van der Waals surface area contributed by atoms with Crippen molar-refractivity contribution < 1.29 is 28.7 Å². The number of carboxylic acid groups (broad SMARTS) is 1. The first-order valence-electron chi connectivity index (χ1n) is 11.9. The number of amides is 2. The standard InChI is InChI=1S/C26H29N5O6/c1-15(32)31(37-20-8-10-29-11-9-20)21(26(34)35)12-16-2-5-19(6-3-16)30-25(33)23-14-18-13-17(24(27)28)4-7-22(18)36-23/h2-7,13-14,20-21,29H,8-12H2,1H3,(H3,27,28)(H,30,33)(H,34,35)/t21-/m0/s1. The van der Waals surface area contributed by atoms with Crippen LogP contribution >= 0.6 is 0 Å². The molecule has 1 fully saturated rings. The Hall–Kier alpha value is -4.22. The van der Waals surface area contributed by atoms with Crippen molar-refractivity contribution in [3.8, 4) is 0 Å². The number of carbonyl (C=O) groups is 3. The number of hydroxylamine groups is 2. The summed E-state index contributed by atoms with van der Waals surface area (Å²) in [6.45, 7) is 2.78. The summed E-state index contributed by atoms with van der Waals surface area (Å²) in [5.74, 6) is -2.09. The fourth-order valence-corrected chi connectivity index (χ4v) is 4.16. The number of rotatable bonds is 9. The average molecular weight is 508 g/mol. The first kappa shape index (κ1) is 25.9. The summed E-state index contributed by atoms with van der Waals surface area (Å²) in [5, 5.41) is 24.9. The lowest BCUT2D eigenvalue weighted by Crippen LogP contribution is -2.48. The number of piperidine rings is 1. The number of nitrogen functional groups attached to an aromatic ring is 1. The van der Waals surface area contributed by atoms with Crippen LogP contribution in [0.15, 0.2) is 52.9 Å². The smallest absolute Gasteiger partial charge is 0.329 e. The van der Waals surface area contributed by atoms with E-state index in [4.69, 9.17) is 20.4 Å². The van der Waals surface area contributed by atoms with E-state index >= 15 is 0 Å². The number of aliphatic carboxylic acids is 1. The van der Waals surface area contributed by atoms with Gasteiger partial charge >= 0.3 is 5.97 Å². The molecule has 1 saturated heterocycles. The molecule has 6 N–H and O–H groups in total. The van der Waals surface area contributed by atoms with Crippen LogP contribution in [0.2, 0.25) is 0 Å². The number of hydrogen-bond donors (Lipinski definition) is 5. The van der Waals surface area contributed by atoms with Crippen LogP contribution in [-0.2, 0) is 20.8 Å². The highest BCUT2D eigenvalue weighted by atomic mass is 16.7. The second kappa shape index (κ2) is 11.2. The van der Waals surface area contributed by atoms with E-state index in [1.54, 1.807) is 48.5 Å². The van der Waals surface area contributed by atoms with Crippen molar-refractivity contribution >= 4 is 40.3 Å². The van der Waals surface area contributed by atoms with Crippen LogP contribution in [0.25, 0.3) is 11.0 Å². The lowest BCUT2D eigenvalue weighted by Gasteiger charge is -2.32. The topological polar surface area (TPSA) is 171 Å². The van der Waals surface area contributed by atoms with E-state index in [-0.39, 0.29) is 24.1 Å². The monoisotopic (exact) mass is 507 g/mol. The molecule has 0 unspecified atom stereocenters. The lowest BCUT2D eigenvalue weighted by atomic mass is 10.0. The van der Waals surface area contributed by atoms with Crippen LogP contribution in [0, 0.1) is 5.41 Å². The van der Waals surface area contributed by atoms with Crippen molar-refractivity contribution in [1.82, 2.24) is 10.4 Å². The lowest BCUT2D eigenvalue weighted by molar-refractivity contribution is -0.226. The molecule has 0 bridgehead atoms. The predicted molar refractivity (Wildman–Crippen MR) is 136 cm³/mol. The minimum atomic E-state index is -1.19. The molecule has 3 aromatic rings.